The Morgan fingerprint density at radius 2 is 2.00 bits per heavy atom. The molecule has 8 heteroatoms. The number of piperidine rings is 1. The van der Waals surface area contributed by atoms with E-state index in [2.05, 4.69) is 23.3 Å². The Morgan fingerprint density at radius 3 is 2.71 bits per heavy atom. The molecule has 0 bridgehead atoms. The number of likely N-dealkylation sites (tertiary alicyclic amines) is 1. The standard InChI is InChI=1S/C20H30N4O3S/c1-3-24-19-7-6-17(28(25,26)23-9-11-27-12-10-23)13-18(19)21-20(24)15-22-8-4-5-16(2)14-22/h6-7,13,16H,3-5,8-12,14-15H2,1-2H3/t16-/m0/s1. The highest BCUT2D eigenvalue weighted by molar-refractivity contribution is 7.89. The number of morpholine rings is 1. The van der Waals surface area contributed by atoms with Crippen LogP contribution in [0.15, 0.2) is 23.1 Å². The number of imidazole rings is 1. The first kappa shape index (κ1) is 19.8. The monoisotopic (exact) mass is 406 g/mol. The molecule has 2 saturated heterocycles. The lowest BCUT2D eigenvalue weighted by Crippen LogP contribution is -2.40. The Labute approximate surface area is 167 Å². The molecule has 2 aromatic rings. The van der Waals surface area contributed by atoms with Crippen LogP contribution < -0.4 is 0 Å². The maximum atomic E-state index is 13.0. The quantitative estimate of drug-likeness (QED) is 0.762. The number of benzene rings is 1. The summed E-state index contributed by atoms with van der Waals surface area (Å²) >= 11 is 0. The highest BCUT2D eigenvalue weighted by atomic mass is 32.2. The van der Waals surface area contributed by atoms with E-state index in [1.807, 2.05) is 6.07 Å². The largest absolute Gasteiger partial charge is 0.379 e. The lowest BCUT2D eigenvalue weighted by molar-refractivity contribution is 0.0730. The van der Waals surface area contributed by atoms with Gasteiger partial charge in [-0.1, -0.05) is 6.92 Å². The second-order valence-electron chi connectivity index (χ2n) is 7.92. The zero-order chi connectivity index (χ0) is 19.7. The van der Waals surface area contributed by atoms with Crippen molar-refractivity contribution in [3.8, 4) is 0 Å². The Morgan fingerprint density at radius 1 is 1.21 bits per heavy atom. The van der Waals surface area contributed by atoms with Crippen LogP contribution in [0.2, 0.25) is 0 Å². The van der Waals surface area contributed by atoms with E-state index in [0.717, 1.165) is 49.0 Å². The van der Waals surface area contributed by atoms with Gasteiger partial charge < -0.3 is 9.30 Å². The summed E-state index contributed by atoms with van der Waals surface area (Å²) in [7, 11) is -3.50. The molecule has 2 aliphatic heterocycles. The van der Waals surface area contributed by atoms with Crippen molar-refractivity contribution in [2.45, 2.75) is 44.7 Å². The molecule has 0 unspecified atom stereocenters. The smallest absolute Gasteiger partial charge is 0.243 e. The molecule has 0 radical (unpaired) electrons. The molecule has 4 rings (SSSR count). The van der Waals surface area contributed by atoms with E-state index in [9.17, 15) is 8.42 Å². The Hall–Kier alpha value is -1.48. The molecular formula is C20H30N4O3S. The summed E-state index contributed by atoms with van der Waals surface area (Å²) in [5.41, 5.74) is 1.76. The van der Waals surface area contributed by atoms with Gasteiger partial charge in [-0.15, -0.1) is 0 Å². The van der Waals surface area contributed by atoms with Crippen LogP contribution >= 0.6 is 0 Å². The van der Waals surface area contributed by atoms with Crippen molar-refractivity contribution >= 4 is 21.1 Å². The van der Waals surface area contributed by atoms with Gasteiger partial charge in [-0.3, -0.25) is 4.90 Å². The number of fused-ring (bicyclic) bond motifs is 1. The average Bonchev–Trinajstić information content (AvgIpc) is 3.04. The van der Waals surface area contributed by atoms with E-state index in [0.29, 0.717) is 31.2 Å². The van der Waals surface area contributed by atoms with Gasteiger partial charge in [0.15, 0.2) is 0 Å². The summed E-state index contributed by atoms with van der Waals surface area (Å²) in [5, 5.41) is 0. The van der Waals surface area contributed by atoms with Gasteiger partial charge in [0, 0.05) is 26.2 Å². The molecule has 0 saturated carbocycles. The van der Waals surface area contributed by atoms with Crippen molar-refractivity contribution < 1.29 is 13.2 Å². The molecular weight excluding hydrogens is 376 g/mol. The highest BCUT2D eigenvalue weighted by Gasteiger charge is 2.27. The Kier molecular flexibility index (Phi) is 5.73. The average molecular weight is 407 g/mol. The minimum atomic E-state index is -3.50. The molecule has 2 aliphatic rings. The van der Waals surface area contributed by atoms with Crippen LogP contribution in [-0.4, -0.2) is 66.6 Å². The molecule has 28 heavy (non-hydrogen) atoms. The van der Waals surface area contributed by atoms with Crippen LogP contribution in [0, 0.1) is 5.92 Å². The third-order valence-electron chi connectivity index (χ3n) is 5.83. The number of hydrogen-bond acceptors (Lipinski definition) is 5. The third-order valence-corrected chi connectivity index (χ3v) is 7.72. The van der Waals surface area contributed by atoms with Gasteiger partial charge in [-0.2, -0.15) is 4.31 Å². The van der Waals surface area contributed by atoms with Crippen LogP contribution in [0.1, 0.15) is 32.5 Å². The summed E-state index contributed by atoms with van der Waals surface area (Å²) in [4.78, 5) is 7.62. The van der Waals surface area contributed by atoms with Crippen LogP contribution in [-0.2, 0) is 27.8 Å². The summed E-state index contributed by atoms with van der Waals surface area (Å²) in [6.07, 6.45) is 2.53. The summed E-state index contributed by atoms with van der Waals surface area (Å²) in [6.45, 7) is 9.97. The van der Waals surface area contributed by atoms with Crippen molar-refractivity contribution in [1.82, 2.24) is 18.8 Å². The van der Waals surface area contributed by atoms with E-state index >= 15 is 0 Å². The van der Waals surface area contributed by atoms with Gasteiger partial charge in [0.25, 0.3) is 0 Å². The molecule has 0 N–H and O–H groups in total. The first-order chi connectivity index (χ1) is 13.5. The van der Waals surface area contributed by atoms with E-state index in [-0.39, 0.29) is 0 Å². The molecule has 154 valence electrons. The fourth-order valence-electron chi connectivity index (χ4n) is 4.36. The van der Waals surface area contributed by atoms with Crippen LogP contribution in [0.25, 0.3) is 11.0 Å². The van der Waals surface area contributed by atoms with E-state index in [1.165, 1.54) is 17.1 Å². The van der Waals surface area contributed by atoms with Gasteiger partial charge in [-0.05, 0) is 50.4 Å². The molecule has 1 aromatic carbocycles. The van der Waals surface area contributed by atoms with Gasteiger partial charge in [0.05, 0.1) is 35.7 Å². The number of nitrogens with zero attached hydrogens (tertiary/aromatic N) is 4. The number of ether oxygens (including phenoxy) is 1. The van der Waals surface area contributed by atoms with Gasteiger partial charge in [0.1, 0.15) is 5.82 Å². The molecule has 1 atom stereocenters. The number of sulfonamides is 1. The first-order valence-corrected chi connectivity index (χ1v) is 11.7. The zero-order valence-corrected chi connectivity index (χ0v) is 17.6. The normalized spacial score (nSPS) is 22.7. The molecule has 1 aromatic heterocycles. The number of rotatable bonds is 5. The minimum Gasteiger partial charge on any atom is -0.379 e. The topological polar surface area (TPSA) is 67.7 Å². The maximum absolute atomic E-state index is 13.0. The molecule has 7 nitrogen and oxygen atoms in total. The molecule has 2 fully saturated rings. The van der Waals surface area contributed by atoms with Crippen LogP contribution in [0.4, 0.5) is 0 Å². The summed E-state index contributed by atoms with van der Waals surface area (Å²) in [6, 6.07) is 5.35. The van der Waals surface area contributed by atoms with Crippen molar-refractivity contribution in [3.05, 3.63) is 24.0 Å². The second kappa shape index (κ2) is 8.10. The van der Waals surface area contributed by atoms with Crippen molar-refractivity contribution in [1.29, 1.82) is 0 Å². The maximum Gasteiger partial charge on any atom is 0.243 e. The fraction of sp³-hybridized carbons (Fsp3) is 0.650. The lowest BCUT2D eigenvalue weighted by atomic mass is 10.0. The summed E-state index contributed by atoms with van der Waals surface area (Å²) < 4.78 is 34.9. The number of aryl methyl sites for hydroxylation is 1. The predicted octanol–water partition coefficient (Wildman–Crippen LogP) is 2.31. The van der Waals surface area contributed by atoms with Gasteiger partial charge in [-0.25, -0.2) is 13.4 Å². The number of hydrogen-bond donors (Lipinski definition) is 0. The third kappa shape index (κ3) is 3.83. The van der Waals surface area contributed by atoms with Crippen LogP contribution in [0.5, 0.6) is 0 Å². The highest BCUT2D eigenvalue weighted by Crippen LogP contribution is 2.25. The van der Waals surface area contributed by atoms with E-state index in [4.69, 9.17) is 9.72 Å². The van der Waals surface area contributed by atoms with Crippen LogP contribution in [0.3, 0.4) is 0 Å². The minimum absolute atomic E-state index is 0.320. The number of aromatic nitrogens is 2. The van der Waals surface area contributed by atoms with E-state index in [1.54, 1.807) is 12.1 Å². The first-order valence-electron chi connectivity index (χ1n) is 10.3. The SMILES string of the molecule is CCn1c(CN2CCC[C@H](C)C2)nc2cc(S(=O)(=O)N3CCOCC3)ccc21. The molecule has 0 spiro atoms. The summed E-state index contributed by atoms with van der Waals surface area (Å²) in [5.74, 6) is 1.74. The fourth-order valence-corrected chi connectivity index (χ4v) is 5.79. The van der Waals surface area contributed by atoms with E-state index < -0.39 is 10.0 Å². The Bertz CT molecular complexity index is 934. The molecule has 3 heterocycles. The van der Waals surface area contributed by atoms with Crippen molar-refractivity contribution in [2.75, 3.05) is 39.4 Å². The lowest BCUT2D eigenvalue weighted by Gasteiger charge is -2.30. The zero-order valence-electron chi connectivity index (χ0n) is 16.8. The molecule has 0 amide bonds. The predicted molar refractivity (Wildman–Crippen MR) is 109 cm³/mol. The van der Waals surface area contributed by atoms with Crippen molar-refractivity contribution in [2.24, 2.45) is 5.92 Å². The second-order valence-corrected chi connectivity index (χ2v) is 9.86. The van der Waals surface area contributed by atoms with Gasteiger partial charge >= 0.3 is 0 Å². The molecule has 0 aliphatic carbocycles. The van der Waals surface area contributed by atoms with Crippen molar-refractivity contribution in [3.63, 3.8) is 0 Å². The Balaban J connectivity index is 1.64. The van der Waals surface area contributed by atoms with Gasteiger partial charge in [0.2, 0.25) is 10.0 Å².